The van der Waals surface area contributed by atoms with Crippen molar-refractivity contribution in [1.29, 1.82) is 0 Å². The van der Waals surface area contributed by atoms with Crippen LogP contribution in [0.5, 0.6) is 0 Å². The largest absolute Gasteiger partial charge is 0.335 e. The molecule has 2 amide bonds. The van der Waals surface area contributed by atoms with Crippen molar-refractivity contribution >= 4 is 51.6 Å². The molecule has 0 aliphatic carbocycles. The summed E-state index contributed by atoms with van der Waals surface area (Å²) in [6, 6.07) is 26.8. The molecule has 0 radical (unpaired) electrons. The number of nitrogens with zero attached hydrogens (tertiary/aromatic N) is 3. The highest BCUT2D eigenvalue weighted by molar-refractivity contribution is 8.00. The molecule has 0 aliphatic rings. The van der Waals surface area contributed by atoms with E-state index in [0.29, 0.717) is 27.5 Å². The number of carbonyl (C=O) groups is 2. The Bertz CT molecular complexity index is 1280. The van der Waals surface area contributed by atoms with Crippen molar-refractivity contribution in [2.75, 3.05) is 17.6 Å². The molecule has 0 saturated heterocycles. The second kappa shape index (κ2) is 12.7. The van der Waals surface area contributed by atoms with Gasteiger partial charge in [0.1, 0.15) is 5.01 Å². The van der Waals surface area contributed by atoms with E-state index in [4.69, 9.17) is 11.6 Å². The number of hydrogen-bond donors (Lipinski definition) is 1. The highest BCUT2D eigenvalue weighted by Gasteiger charge is 2.23. The topological polar surface area (TPSA) is 75.2 Å². The lowest BCUT2D eigenvalue weighted by molar-refractivity contribution is -0.131. The van der Waals surface area contributed by atoms with Crippen molar-refractivity contribution in [2.24, 2.45) is 0 Å². The molecule has 0 bridgehead atoms. The van der Waals surface area contributed by atoms with Crippen molar-refractivity contribution in [3.8, 4) is 10.6 Å². The third-order valence-electron chi connectivity index (χ3n) is 5.52. The molecule has 1 N–H and O–H groups in total. The number of rotatable bonds is 10. The van der Waals surface area contributed by atoms with Gasteiger partial charge in [0.2, 0.25) is 16.9 Å². The predicted molar refractivity (Wildman–Crippen MR) is 147 cm³/mol. The first kappa shape index (κ1) is 25.9. The van der Waals surface area contributed by atoms with Gasteiger partial charge >= 0.3 is 0 Å². The number of halogens is 1. The summed E-state index contributed by atoms with van der Waals surface area (Å²) in [5.41, 5.74) is 1.90. The summed E-state index contributed by atoms with van der Waals surface area (Å²) < 4.78 is 0. The number of benzene rings is 3. The predicted octanol–water partition coefficient (Wildman–Crippen LogP) is 6.57. The van der Waals surface area contributed by atoms with Crippen LogP contribution in [0.1, 0.15) is 24.9 Å². The molecule has 1 aromatic heterocycles. The maximum Gasteiger partial charge on any atom is 0.233 e. The molecule has 1 heterocycles. The number of anilines is 1. The first-order valence-electron chi connectivity index (χ1n) is 11.4. The van der Waals surface area contributed by atoms with Gasteiger partial charge in [-0.1, -0.05) is 83.6 Å². The van der Waals surface area contributed by atoms with Crippen molar-refractivity contribution in [3.63, 3.8) is 0 Å². The van der Waals surface area contributed by atoms with Crippen molar-refractivity contribution < 1.29 is 9.59 Å². The second-order valence-electron chi connectivity index (χ2n) is 7.99. The van der Waals surface area contributed by atoms with E-state index in [9.17, 15) is 9.59 Å². The summed E-state index contributed by atoms with van der Waals surface area (Å²) in [5.74, 6) is 0.0560. The Labute approximate surface area is 223 Å². The monoisotopic (exact) mass is 536 g/mol. The molecule has 6 nitrogen and oxygen atoms in total. The van der Waals surface area contributed by atoms with Gasteiger partial charge < -0.3 is 10.2 Å². The Hall–Kier alpha value is -3.20. The minimum atomic E-state index is -0.220. The zero-order valence-electron chi connectivity index (χ0n) is 19.6. The van der Waals surface area contributed by atoms with Gasteiger partial charge in [0.15, 0.2) is 0 Å². The van der Waals surface area contributed by atoms with Crippen LogP contribution in [0.4, 0.5) is 5.13 Å². The quantitative estimate of drug-likeness (QED) is 0.232. The Morgan fingerprint density at radius 1 is 0.972 bits per heavy atom. The van der Waals surface area contributed by atoms with Gasteiger partial charge in [-0.3, -0.25) is 9.59 Å². The first-order chi connectivity index (χ1) is 17.5. The normalized spacial score (nSPS) is 11.6. The molecular formula is C27H25ClN4O2S2. The minimum absolute atomic E-state index is 0.0195. The Kier molecular flexibility index (Phi) is 9.11. The zero-order valence-corrected chi connectivity index (χ0v) is 22.0. The molecule has 184 valence electrons. The van der Waals surface area contributed by atoms with Crippen LogP contribution in [0.15, 0.2) is 89.8 Å². The smallest absolute Gasteiger partial charge is 0.233 e. The standard InChI is InChI=1S/C27H25ClN4O2S2/c1-19(20-8-4-2-5-9-20)32(25(34)18-35-23-10-6-3-7-11-23)17-16-24(33)29-27-31-30-26(36-27)21-12-14-22(28)15-13-21/h2-15,19H,16-18H2,1H3,(H,29,31,33)/t19-/m0/s1. The molecule has 1 atom stereocenters. The molecule has 0 saturated carbocycles. The third-order valence-corrected chi connectivity index (χ3v) is 7.65. The first-order valence-corrected chi connectivity index (χ1v) is 13.6. The SMILES string of the molecule is C[C@@H](c1ccccc1)N(CCC(=O)Nc1nnc(-c2ccc(Cl)cc2)s1)C(=O)CSc1ccccc1. The molecule has 9 heteroatoms. The van der Waals surface area contributed by atoms with Crippen molar-refractivity contribution in [3.05, 3.63) is 95.5 Å². The fourth-order valence-corrected chi connectivity index (χ4v) is 5.27. The fourth-order valence-electron chi connectivity index (χ4n) is 3.58. The van der Waals surface area contributed by atoms with E-state index < -0.39 is 0 Å². The summed E-state index contributed by atoms with van der Waals surface area (Å²) >= 11 is 8.73. The summed E-state index contributed by atoms with van der Waals surface area (Å²) in [4.78, 5) is 28.8. The van der Waals surface area contributed by atoms with Crippen LogP contribution in [0.2, 0.25) is 5.02 Å². The molecule has 4 rings (SSSR count). The van der Waals surface area contributed by atoms with Crippen LogP contribution in [-0.4, -0.2) is 39.2 Å². The van der Waals surface area contributed by atoms with Crippen LogP contribution in [-0.2, 0) is 9.59 Å². The van der Waals surface area contributed by atoms with E-state index in [2.05, 4.69) is 15.5 Å². The van der Waals surface area contributed by atoms with E-state index >= 15 is 0 Å². The number of amides is 2. The average Bonchev–Trinajstić information content (AvgIpc) is 3.37. The maximum atomic E-state index is 13.2. The van der Waals surface area contributed by atoms with E-state index in [1.165, 1.54) is 23.1 Å². The van der Waals surface area contributed by atoms with E-state index in [1.807, 2.05) is 79.7 Å². The van der Waals surface area contributed by atoms with E-state index in [0.717, 1.165) is 16.0 Å². The molecule has 4 aromatic rings. The van der Waals surface area contributed by atoms with Gasteiger partial charge in [0.05, 0.1) is 11.8 Å². The van der Waals surface area contributed by atoms with E-state index in [1.54, 1.807) is 17.0 Å². The van der Waals surface area contributed by atoms with Crippen LogP contribution in [0.25, 0.3) is 10.6 Å². The highest BCUT2D eigenvalue weighted by Crippen LogP contribution is 2.28. The second-order valence-corrected chi connectivity index (χ2v) is 10.5. The van der Waals surface area contributed by atoms with Gasteiger partial charge in [0.25, 0.3) is 0 Å². The van der Waals surface area contributed by atoms with Crippen molar-refractivity contribution in [2.45, 2.75) is 24.3 Å². The minimum Gasteiger partial charge on any atom is -0.335 e. The lowest BCUT2D eigenvalue weighted by Crippen LogP contribution is -2.37. The molecule has 3 aromatic carbocycles. The van der Waals surface area contributed by atoms with Gasteiger partial charge in [-0.05, 0) is 36.8 Å². The van der Waals surface area contributed by atoms with E-state index in [-0.39, 0.29) is 24.3 Å². The molecule has 36 heavy (non-hydrogen) atoms. The number of carbonyl (C=O) groups excluding carboxylic acids is 2. The van der Waals surface area contributed by atoms with Gasteiger partial charge in [-0.25, -0.2) is 0 Å². The zero-order chi connectivity index (χ0) is 25.3. The average molecular weight is 537 g/mol. The van der Waals surface area contributed by atoms with Gasteiger partial charge in [-0.2, -0.15) is 0 Å². The molecule has 0 spiro atoms. The molecule has 0 aliphatic heterocycles. The molecule has 0 fully saturated rings. The van der Waals surface area contributed by atoms with Gasteiger partial charge in [0, 0.05) is 28.4 Å². The summed E-state index contributed by atoms with van der Waals surface area (Å²) in [7, 11) is 0. The number of hydrogen-bond acceptors (Lipinski definition) is 6. The summed E-state index contributed by atoms with van der Waals surface area (Å²) in [6.07, 6.45) is 0.148. The van der Waals surface area contributed by atoms with Crippen LogP contribution < -0.4 is 5.32 Å². The lowest BCUT2D eigenvalue weighted by atomic mass is 10.1. The highest BCUT2D eigenvalue weighted by atomic mass is 35.5. The Morgan fingerprint density at radius 2 is 1.64 bits per heavy atom. The van der Waals surface area contributed by atoms with Crippen molar-refractivity contribution in [1.82, 2.24) is 15.1 Å². The Balaban J connectivity index is 1.39. The Morgan fingerprint density at radius 3 is 2.33 bits per heavy atom. The lowest BCUT2D eigenvalue weighted by Gasteiger charge is -2.29. The number of thioether (sulfide) groups is 1. The molecule has 0 unspecified atom stereocenters. The fraction of sp³-hybridized carbons (Fsp3) is 0.185. The number of aromatic nitrogens is 2. The molecular weight excluding hydrogens is 512 g/mol. The van der Waals surface area contributed by atoms with Crippen LogP contribution in [0.3, 0.4) is 0 Å². The van der Waals surface area contributed by atoms with Gasteiger partial charge in [-0.15, -0.1) is 22.0 Å². The third kappa shape index (κ3) is 7.16. The summed E-state index contributed by atoms with van der Waals surface area (Å²) in [5, 5.41) is 12.8. The van der Waals surface area contributed by atoms with Crippen LogP contribution in [0, 0.1) is 0 Å². The maximum absolute atomic E-state index is 13.2. The summed E-state index contributed by atoms with van der Waals surface area (Å²) in [6.45, 7) is 2.28. The number of nitrogens with one attached hydrogen (secondary N) is 1. The van der Waals surface area contributed by atoms with Crippen LogP contribution >= 0.6 is 34.7 Å².